The highest BCUT2D eigenvalue weighted by molar-refractivity contribution is 8.01. The fourth-order valence-electron chi connectivity index (χ4n) is 1.30. The number of rotatable bonds is 6. The predicted octanol–water partition coefficient (Wildman–Crippen LogP) is 1.60. The second-order valence-corrected chi connectivity index (χ2v) is 8.63. The number of Topliss-reactive ketones (excluding diaryl/α,β-unsaturated/α-hetero) is 1. The van der Waals surface area contributed by atoms with Crippen molar-refractivity contribution >= 4 is 26.8 Å². The Morgan fingerprint density at radius 2 is 1.79 bits per heavy atom. The summed E-state index contributed by atoms with van der Waals surface area (Å²) in [5.41, 5.74) is -0.502. The molecule has 0 spiro atoms. The first kappa shape index (κ1) is 18.0. The van der Waals surface area contributed by atoms with Crippen molar-refractivity contribution in [3.63, 3.8) is 0 Å². The molecule has 112 valence electrons. The normalized spacial score (nSPS) is 11.8. The number of carbonyl (C=O) groups excluding carboxylic acids is 2. The van der Waals surface area contributed by atoms with Crippen molar-refractivity contribution in [2.45, 2.75) is 45.6 Å². The smallest absolute Gasteiger partial charge is 0.407 e. The number of ketones is 1. The number of amides is 1. The van der Waals surface area contributed by atoms with Crippen molar-refractivity contribution < 1.29 is 18.5 Å². The van der Waals surface area contributed by atoms with Gasteiger partial charge >= 0.3 is 6.09 Å². The molecule has 0 aromatic rings. The SMILES string of the molecule is CC(C)(C)OC(=O)NCCCCC(=O)C=S(C)(C)=O. The molecular weight excluding hydrogens is 266 g/mol. The van der Waals surface area contributed by atoms with Crippen LogP contribution in [0, 0.1) is 0 Å². The average molecular weight is 291 g/mol. The summed E-state index contributed by atoms with van der Waals surface area (Å²) in [6.07, 6.45) is 4.32. The minimum atomic E-state index is -2.11. The van der Waals surface area contributed by atoms with Crippen LogP contribution in [0.2, 0.25) is 0 Å². The van der Waals surface area contributed by atoms with Gasteiger partial charge in [-0.2, -0.15) is 0 Å². The van der Waals surface area contributed by atoms with Gasteiger partial charge in [-0.15, -0.1) is 0 Å². The van der Waals surface area contributed by atoms with Crippen molar-refractivity contribution in [2.75, 3.05) is 19.1 Å². The molecule has 0 atom stereocenters. The maximum Gasteiger partial charge on any atom is 0.407 e. The van der Waals surface area contributed by atoms with Gasteiger partial charge in [0.2, 0.25) is 0 Å². The lowest BCUT2D eigenvalue weighted by molar-refractivity contribution is -0.112. The van der Waals surface area contributed by atoms with Crippen molar-refractivity contribution in [3.05, 3.63) is 0 Å². The summed E-state index contributed by atoms with van der Waals surface area (Å²) in [6.45, 7) is 5.87. The lowest BCUT2D eigenvalue weighted by Gasteiger charge is -2.19. The zero-order valence-corrected chi connectivity index (χ0v) is 13.3. The predicted molar refractivity (Wildman–Crippen MR) is 79.1 cm³/mol. The molecule has 19 heavy (non-hydrogen) atoms. The van der Waals surface area contributed by atoms with Crippen molar-refractivity contribution in [1.29, 1.82) is 0 Å². The van der Waals surface area contributed by atoms with E-state index in [9.17, 15) is 13.8 Å². The third-order valence-corrected chi connectivity index (χ3v) is 2.76. The van der Waals surface area contributed by atoms with Crippen LogP contribution in [-0.4, -0.2) is 46.1 Å². The van der Waals surface area contributed by atoms with Crippen molar-refractivity contribution in [2.24, 2.45) is 0 Å². The summed E-state index contributed by atoms with van der Waals surface area (Å²) in [7, 11) is -2.11. The lowest BCUT2D eigenvalue weighted by Crippen LogP contribution is -2.33. The monoisotopic (exact) mass is 291 g/mol. The van der Waals surface area contributed by atoms with E-state index in [0.717, 1.165) is 0 Å². The molecule has 0 radical (unpaired) electrons. The first-order valence-corrected chi connectivity index (χ1v) is 8.72. The molecule has 0 aliphatic heterocycles. The zero-order chi connectivity index (χ0) is 15.1. The lowest BCUT2D eigenvalue weighted by atomic mass is 10.2. The van der Waals surface area contributed by atoms with Gasteiger partial charge in [-0.3, -0.25) is 9.00 Å². The zero-order valence-electron chi connectivity index (χ0n) is 12.4. The summed E-state index contributed by atoms with van der Waals surface area (Å²) < 4.78 is 16.4. The van der Waals surface area contributed by atoms with Crippen LogP contribution in [0.4, 0.5) is 4.79 Å². The largest absolute Gasteiger partial charge is 0.444 e. The first-order valence-electron chi connectivity index (χ1n) is 6.28. The van der Waals surface area contributed by atoms with Crippen LogP contribution >= 0.6 is 0 Å². The van der Waals surface area contributed by atoms with Crippen LogP contribution in [0.15, 0.2) is 0 Å². The molecule has 0 aromatic heterocycles. The average Bonchev–Trinajstić information content (AvgIpc) is 2.10. The summed E-state index contributed by atoms with van der Waals surface area (Å²) in [5, 5.41) is 3.91. The van der Waals surface area contributed by atoms with E-state index in [0.29, 0.717) is 25.8 Å². The van der Waals surface area contributed by atoms with Gasteiger partial charge < -0.3 is 10.1 Å². The third-order valence-electron chi connectivity index (χ3n) is 1.93. The van der Waals surface area contributed by atoms with Gasteiger partial charge in [-0.1, -0.05) is 0 Å². The minimum absolute atomic E-state index is 0.104. The third kappa shape index (κ3) is 13.2. The summed E-state index contributed by atoms with van der Waals surface area (Å²) in [4.78, 5) is 22.7. The van der Waals surface area contributed by atoms with Crippen LogP contribution in [0.3, 0.4) is 0 Å². The highest BCUT2D eigenvalue weighted by Crippen LogP contribution is 2.06. The molecule has 0 saturated carbocycles. The number of unbranched alkanes of at least 4 members (excludes halogenated alkanes) is 1. The van der Waals surface area contributed by atoms with Crippen LogP contribution in [0.1, 0.15) is 40.0 Å². The molecule has 0 saturated heterocycles. The maximum absolute atomic E-state index is 11.4. The molecule has 0 aliphatic rings. The molecule has 0 fully saturated rings. The second kappa shape index (κ2) is 7.53. The van der Waals surface area contributed by atoms with E-state index in [4.69, 9.17) is 4.74 Å². The van der Waals surface area contributed by atoms with Crippen LogP contribution in [-0.2, 0) is 19.1 Å². The van der Waals surface area contributed by atoms with E-state index in [2.05, 4.69) is 5.32 Å². The molecule has 0 unspecified atom stereocenters. The minimum Gasteiger partial charge on any atom is -0.444 e. The number of nitrogens with one attached hydrogen (secondary N) is 1. The van der Waals surface area contributed by atoms with E-state index < -0.39 is 21.2 Å². The molecule has 1 N–H and O–H groups in total. The van der Waals surface area contributed by atoms with E-state index in [1.807, 2.05) is 0 Å². The van der Waals surface area contributed by atoms with E-state index >= 15 is 0 Å². The Balaban J connectivity index is 3.75. The van der Waals surface area contributed by atoms with Gasteiger partial charge in [-0.25, -0.2) is 4.79 Å². The Kier molecular flexibility index (Phi) is 7.11. The van der Waals surface area contributed by atoms with E-state index in [1.54, 1.807) is 20.8 Å². The number of carbonyl (C=O) groups is 2. The molecule has 1 amide bonds. The maximum atomic E-state index is 11.4. The quantitative estimate of drug-likeness (QED) is 0.596. The number of hydrogen-bond donors (Lipinski definition) is 1. The Bertz CT molecular complexity index is 420. The summed E-state index contributed by atoms with van der Waals surface area (Å²) >= 11 is 0. The highest BCUT2D eigenvalue weighted by atomic mass is 32.2. The van der Waals surface area contributed by atoms with Gasteiger partial charge in [0.25, 0.3) is 0 Å². The molecule has 5 nitrogen and oxygen atoms in total. The number of ether oxygens (including phenoxy) is 1. The molecule has 0 heterocycles. The van der Waals surface area contributed by atoms with E-state index in [1.165, 1.54) is 17.9 Å². The molecule has 6 heteroatoms. The van der Waals surface area contributed by atoms with Gasteiger partial charge in [-0.05, 0) is 43.1 Å². The molecule has 0 aromatic carbocycles. The molecule has 0 bridgehead atoms. The van der Waals surface area contributed by atoms with E-state index in [-0.39, 0.29) is 5.78 Å². The van der Waals surface area contributed by atoms with Crippen LogP contribution in [0.5, 0.6) is 0 Å². The van der Waals surface area contributed by atoms with Crippen LogP contribution in [0.25, 0.3) is 0 Å². The Hall–Kier alpha value is -1.04. The molecule has 0 aliphatic carbocycles. The van der Waals surface area contributed by atoms with Crippen molar-refractivity contribution in [3.8, 4) is 0 Å². The van der Waals surface area contributed by atoms with Gasteiger partial charge in [0.15, 0.2) is 5.78 Å². The standard InChI is InChI=1S/C13H25NO4S/c1-13(2,3)18-12(16)14-9-7-6-8-11(15)10-19(4,5)17/h10H,6-9H2,1-5H3,(H,14,16). The first-order chi connectivity index (χ1) is 8.49. The van der Waals surface area contributed by atoms with Gasteiger partial charge in [0, 0.05) is 30.8 Å². The Labute approximate surface area is 116 Å². The van der Waals surface area contributed by atoms with Gasteiger partial charge in [0.05, 0.1) is 0 Å². The number of hydrogen-bond acceptors (Lipinski definition) is 4. The summed E-state index contributed by atoms with van der Waals surface area (Å²) in [5.74, 6) is -0.104. The molecule has 0 rings (SSSR count). The fraction of sp³-hybridized carbons (Fsp3) is 0.769. The highest BCUT2D eigenvalue weighted by Gasteiger charge is 2.15. The Morgan fingerprint density at radius 3 is 2.26 bits per heavy atom. The van der Waals surface area contributed by atoms with Gasteiger partial charge in [0.1, 0.15) is 5.60 Å². The second-order valence-electron chi connectivity index (χ2n) is 5.78. The number of alkyl carbamates (subject to hydrolysis) is 1. The van der Waals surface area contributed by atoms with Crippen molar-refractivity contribution in [1.82, 2.24) is 5.32 Å². The fourth-order valence-corrected chi connectivity index (χ4v) is 2.06. The van der Waals surface area contributed by atoms with Crippen LogP contribution < -0.4 is 5.32 Å². The molecular formula is C13H25NO4S. The topological polar surface area (TPSA) is 72.5 Å². The summed E-state index contributed by atoms with van der Waals surface area (Å²) in [6, 6.07) is 0. The Morgan fingerprint density at radius 1 is 1.21 bits per heavy atom.